The lowest BCUT2D eigenvalue weighted by Crippen LogP contribution is -2.21. The van der Waals surface area contributed by atoms with Crippen molar-refractivity contribution in [3.05, 3.63) is 71.4 Å². The number of carbonyl (C=O) groups is 1. The molecule has 0 spiro atoms. The molecule has 118 valence electrons. The van der Waals surface area contributed by atoms with Gasteiger partial charge in [-0.2, -0.15) is 0 Å². The van der Waals surface area contributed by atoms with Gasteiger partial charge in [0.05, 0.1) is 11.3 Å². The lowest BCUT2D eigenvalue weighted by Gasteiger charge is -2.24. The SMILES string of the molecule is O=C(O)C1=CN(c2nc(-c3ccccc3)cs2)c2ncccc2C1. The van der Waals surface area contributed by atoms with Crippen LogP contribution < -0.4 is 4.90 Å². The zero-order chi connectivity index (χ0) is 16.5. The summed E-state index contributed by atoms with van der Waals surface area (Å²) in [5.74, 6) is -0.189. The fourth-order valence-electron chi connectivity index (χ4n) is 2.65. The van der Waals surface area contributed by atoms with Gasteiger partial charge < -0.3 is 5.11 Å². The fraction of sp³-hybridized carbons (Fsp3) is 0.0556. The lowest BCUT2D eigenvalue weighted by molar-refractivity contribution is -0.132. The summed E-state index contributed by atoms with van der Waals surface area (Å²) in [7, 11) is 0. The monoisotopic (exact) mass is 335 g/mol. The van der Waals surface area contributed by atoms with Gasteiger partial charge in [0.15, 0.2) is 5.13 Å². The van der Waals surface area contributed by atoms with Crippen LogP contribution >= 0.6 is 11.3 Å². The van der Waals surface area contributed by atoms with Crippen molar-refractivity contribution in [2.24, 2.45) is 0 Å². The third-order valence-electron chi connectivity index (χ3n) is 3.80. The van der Waals surface area contributed by atoms with Gasteiger partial charge in [-0.1, -0.05) is 36.4 Å². The number of rotatable bonds is 3. The fourth-order valence-corrected chi connectivity index (χ4v) is 3.46. The maximum atomic E-state index is 11.4. The minimum Gasteiger partial charge on any atom is -0.478 e. The highest BCUT2D eigenvalue weighted by Gasteiger charge is 2.25. The zero-order valence-corrected chi connectivity index (χ0v) is 13.4. The van der Waals surface area contributed by atoms with E-state index >= 15 is 0 Å². The molecule has 3 aromatic rings. The van der Waals surface area contributed by atoms with Gasteiger partial charge in [0.25, 0.3) is 0 Å². The summed E-state index contributed by atoms with van der Waals surface area (Å²) in [4.78, 5) is 22.3. The molecule has 0 unspecified atom stereocenters. The number of pyridine rings is 1. The quantitative estimate of drug-likeness (QED) is 0.787. The number of hydrogen-bond donors (Lipinski definition) is 1. The summed E-state index contributed by atoms with van der Waals surface area (Å²) < 4.78 is 0. The van der Waals surface area contributed by atoms with E-state index in [9.17, 15) is 9.90 Å². The minimum absolute atomic E-state index is 0.326. The van der Waals surface area contributed by atoms with E-state index in [4.69, 9.17) is 0 Å². The van der Waals surface area contributed by atoms with Crippen LogP contribution in [0.1, 0.15) is 5.56 Å². The van der Waals surface area contributed by atoms with Crippen LogP contribution in [-0.4, -0.2) is 21.0 Å². The summed E-state index contributed by atoms with van der Waals surface area (Å²) >= 11 is 1.47. The molecule has 4 rings (SSSR count). The topological polar surface area (TPSA) is 66.3 Å². The summed E-state index contributed by atoms with van der Waals surface area (Å²) in [5.41, 5.74) is 3.10. The van der Waals surface area contributed by atoms with Crippen molar-refractivity contribution in [2.75, 3.05) is 4.90 Å². The van der Waals surface area contributed by atoms with E-state index in [1.165, 1.54) is 11.3 Å². The first-order chi connectivity index (χ1) is 11.7. The van der Waals surface area contributed by atoms with Crippen molar-refractivity contribution in [1.29, 1.82) is 0 Å². The molecule has 1 N–H and O–H groups in total. The largest absolute Gasteiger partial charge is 0.478 e. The first-order valence-corrected chi connectivity index (χ1v) is 8.28. The Morgan fingerprint density at radius 3 is 2.79 bits per heavy atom. The highest BCUT2D eigenvalue weighted by molar-refractivity contribution is 7.14. The first kappa shape index (κ1) is 14.6. The number of benzene rings is 1. The van der Waals surface area contributed by atoms with Gasteiger partial charge in [0, 0.05) is 35.3 Å². The lowest BCUT2D eigenvalue weighted by atomic mass is 10.0. The predicted octanol–water partition coefficient (Wildman–Crippen LogP) is 3.87. The molecule has 24 heavy (non-hydrogen) atoms. The third kappa shape index (κ3) is 2.57. The molecule has 0 saturated heterocycles. The van der Waals surface area contributed by atoms with Gasteiger partial charge in [0.1, 0.15) is 5.82 Å². The Morgan fingerprint density at radius 2 is 2.00 bits per heavy atom. The Hall–Kier alpha value is -2.99. The van der Waals surface area contributed by atoms with E-state index in [0.717, 1.165) is 22.6 Å². The van der Waals surface area contributed by atoms with Crippen molar-refractivity contribution in [3.8, 4) is 11.3 Å². The first-order valence-electron chi connectivity index (χ1n) is 7.40. The highest BCUT2D eigenvalue weighted by Crippen LogP contribution is 2.36. The maximum Gasteiger partial charge on any atom is 0.333 e. The van der Waals surface area contributed by atoms with Gasteiger partial charge in [-0.3, -0.25) is 4.90 Å². The van der Waals surface area contributed by atoms with Gasteiger partial charge in [-0.05, 0) is 6.07 Å². The van der Waals surface area contributed by atoms with Gasteiger partial charge >= 0.3 is 5.97 Å². The predicted molar refractivity (Wildman–Crippen MR) is 93.3 cm³/mol. The van der Waals surface area contributed by atoms with Crippen molar-refractivity contribution >= 4 is 28.3 Å². The van der Waals surface area contributed by atoms with Crippen molar-refractivity contribution < 1.29 is 9.90 Å². The van der Waals surface area contributed by atoms with Crippen LogP contribution in [0.2, 0.25) is 0 Å². The Bertz CT molecular complexity index is 934. The average Bonchev–Trinajstić information content (AvgIpc) is 3.11. The molecule has 3 heterocycles. The second-order valence-electron chi connectivity index (χ2n) is 5.37. The molecule has 1 aromatic carbocycles. The number of aromatic nitrogens is 2. The summed E-state index contributed by atoms with van der Waals surface area (Å²) in [6.45, 7) is 0. The Balaban J connectivity index is 1.78. The molecule has 0 atom stereocenters. The van der Waals surface area contributed by atoms with Gasteiger partial charge in [-0.25, -0.2) is 14.8 Å². The van der Waals surface area contributed by atoms with Crippen LogP contribution in [0.5, 0.6) is 0 Å². The van der Waals surface area contributed by atoms with Gasteiger partial charge in [0.2, 0.25) is 0 Å². The Kier molecular flexibility index (Phi) is 3.59. The van der Waals surface area contributed by atoms with Crippen LogP contribution in [0.3, 0.4) is 0 Å². The van der Waals surface area contributed by atoms with E-state index in [2.05, 4.69) is 9.97 Å². The number of hydrogen-bond acceptors (Lipinski definition) is 5. The molecule has 0 saturated carbocycles. The molecular weight excluding hydrogens is 322 g/mol. The number of fused-ring (bicyclic) bond motifs is 1. The van der Waals surface area contributed by atoms with Crippen LogP contribution in [0.25, 0.3) is 11.3 Å². The second-order valence-corrected chi connectivity index (χ2v) is 6.21. The third-order valence-corrected chi connectivity index (χ3v) is 4.64. The molecule has 2 aromatic heterocycles. The standard InChI is InChI=1S/C18H13N3O2S/c22-17(23)14-9-13-7-4-8-19-16(13)21(10-14)18-20-15(11-24-18)12-5-2-1-3-6-12/h1-8,10-11H,9H2,(H,22,23). The van der Waals surface area contributed by atoms with Crippen molar-refractivity contribution in [1.82, 2.24) is 9.97 Å². The van der Waals surface area contributed by atoms with Crippen LogP contribution in [0, 0.1) is 0 Å². The number of aliphatic carboxylic acids is 1. The van der Waals surface area contributed by atoms with E-state index < -0.39 is 5.97 Å². The summed E-state index contributed by atoms with van der Waals surface area (Å²) in [5, 5.41) is 12.0. The Labute approximate surface area is 142 Å². The van der Waals surface area contributed by atoms with E-state index in [1.54, 1.807) is 17.3 Å². The molecule has 0 fully saturated rings. The molecule has 0 bridgehead atoms. The molecule has 0 radical (unpaired) electrons. The number of nitrogens with zero attached hydrogens (tertiary/aromatic N) is 3. The van der Waals surface area contributed by atoms with E-state index in [0.29, 0.717) is 17.1 Å². The second kappa shape index (κ2) is 5.90. The number of thiazole rings is 1. The number of carboxylic acids is 1. The van der Waals surface area contributed by atoms with E-state index in [-0.39, 0.29) is 0 Å². The molecule has 6 heteroatoms. The van der Waals surface area contributed by atoms with Gasteiger partial charge in [-0.15, -0.1) is 11.3 Å². The molecule has 1 aliphatic rings. The highest BCUT2D eigenvalue weighted by atomic mass is 32.1. The summed E-state index contributed by atoms with van der Waals surface area (Å²) in [6.07, 6.45) is 3.69. The average molecular weight is 335 g/mol. The van der Waals surface area contributed by atoms with Crippen LogP contribution in [-0.2, 0) is 11.2 Å². The molecule has 5 nitrogen and oxygen atoms in total. The van der Waals surface area contributed by atoms with Crippen LogP contribution in [0.15, 0.2) is 65.8 Å². The van der Waals surface area contributed by atoms with Crippen LogP contribution in [0.4, 0.5) is 10.9 Å². The Morgan fingerprint density at radius 1 is 1.17 bits per heavy atom. The molecule has 0 aliphatic carbocycles. The normalized spacial score (nSPS) is 13.3. The minimum atomic E-state index is -0.922. The molecular formula is C18H13N3O2S. The molecule has 1 aliphatic heterocycles. The van der Waals surface area contributed by atoms with Crippen molar-refractivity contribution in [2.45, 2.75) is 6.42 Å². The summed E-state index contributed by atoms with van der Waals surface area (Å²) in [6, 6.07) is 13.6. The maximum absolute atomic E-state index is 11.4. The van der Waals surface area contributed by atoms with E-state index in [1.807, 2.05) is 47.8 Å². The number of carboxylic acid groups (broad SMARTS) is 1. The van der Waals surface area contributed by atoms with Crippen molar-refractivity contribution in [3.63, 3.8) is 0 Å². The number of anilines is 2. The smallest absolute Gasteiger partial charge is 0.333 e. The zero-order valence-electron chi connectivity index (χ0n) is 12.6. The molecule has 0 amide bonds.